The Morgan fingerprint density at radius 3 is 1.02 bits per heavy atom. The third-order valence-electron chi connectivity index (χ3n) is 10.9. The number of hydrogen-bond donors (Lipinski definition) is 0. The lowest BCUT2D eigenvalue weighted by Crippen LogP contribution is -2.75. The average molecular weight is 701 g/mol. The molecule has 0 N–H and O–H groups in total. The van der Waals surface area contributed by atoms with E-state index in [9.17, 15) is 0 Å². The lowest BCUT2D eigenvalue weighted by molar-refractivity contribution is 1.36. The van der Waals surface area contributed by atoms with E-state index in [0.717, 1.165) is 6.16 Å². The Morgan fingerprint density at radius 1 is 0.340 bits per heavy atom. The Bertz CT molecular complexity index is 2100. The Labute approximate surface area is 317 Å². The fourth-order valence-corrected chi connectivity index (χ4v) is 12.5. The second-order valence-electron chi connectivity index (χ2n) is 13.8. The van der Waals surface area contributed by atoms with E-state index in [1.807, 2.05) is 0 Å². The molecule has 8 rings (SSSR count). The summed E-state index contributed by atoms with van der Waals surface area (Å²) in [7, 11) is -1.78. The highest BCUT2D eigenvalue weighted by atomic mass is 31.2. The highest BCUT2D eigenvalue weighted by Crippen LogP contribution is 2.58. The third kappa shape index (κ3) is 7.32. The molecule has 0 aliphatic rings. The molecule has 8 aromatic rings. The summed E-state index contributed by atoms with van der Waals surface area (Å²) in [6.07, 6.45) is -0.227. The van der Waals surface area contributed by atoms with Crippen molar-refractivity contribution in [2.45, 2.75) is 20.0 Å². The SMILES string of the molecule is Cc1cccc([B-](c2ccccc2)(c2ccccc2)c2ccccc2)c1C.c1ccc(C[P+](c2ccccc2)(c2ccccc2)c2ccccc2)cc1. The van der Waals surface area contributed by atoms with E-state index in [1.165, 1.54) is 54.5 Å². The van der Waals surface area contributed by atoms with Crippen molar-refractivity contribution in [3.05, 3.63) is 247 Å². The Kier molecular flexibility index (Phi) is 11.3. The second-order valence-corrected chi connectivity index (χ2v) is 17.3. The van der Waals surface area contributed by atoms with Gasteiger partial charge in [0.1, 0.15) is 29.3 Å². The number of benzene rings is 8. The van der Waals surface area contributed by atoms with E-state index in [4.69, 9.17) is 0 Å². The first-order chi connectivity index (χ1) is 26.1. The number of aryl methyl sites for hydroxylation is 1. The Hall–Kier alpha value is -5.75. The van der Waals surface area contributed by atoms with Crippen molar-refractivity contribution in [2.75, 3.05) is 0 Å². The molecule has 0 spiro atoms. The Balaban J connectivity index is 0.000000164. The quantitative estimate of drug-likeness (QED) is 0.104. The van der Waals surface area contributed by atoms with Crippen LogP contribution < -0.4 is 37.8 Å². The molecule has 0 unspecified atom stereocenters. The van der Waals surface area contributed by atoms with E-state index in [0.29, 0.717) is 0 Å². The zero-order chi connectivity index (χ0) is 36.4. The lowest BCUT2D eigenvalue weighted by atomic mass is 9.12. The smallest absolute Gasteiger partial charge is 0.116 e. The van der Waals surface area contributed by atoms with Gasteiger partial charge in [-0.05, 0) is 55.8 Å². The summed E-state index contributed by atoms with van der Waals surface area (Å²) < 4.78 is 0. The number of hydrogen-bond acceptors (Lipinski definition) is 0. The Morgan fingerprint density at radius 2 is 0.660 bits per heavy atom. The summed E-state index contributed by atoms with van der Waals surface area (Å²) in [4.78, 5) is 0. The summed E-state index contributed by atoms with van der Waals surface area (Å²) in [6.45, 7) is 4.47. The molecule has 0 fully saturated rings. The summed E-state index contributed by atoms with van der Waals surface area (Å²) in [6, 6.07) is 83.7. The molecule has 0 nitrogen and oxygen atoms in total. The van der Waals surface area contributed by atoms with Gasteiger partial charge in [0.2, 0.25) is 0 Å². The standard InChI is InChI=1S/C26H24B.C25H22P/c1-21-13-12-20-26(22(21)2)27(23-14-6-3-7-15-23,24-16-8-4-9-17-24)25-18-10-5-11-19-25;1-5-13-22(14-6-1)21-26(23-15-7-2-8-16-23,24-17-9-3-10-18-24)25-19-11-4-12-20-25/h3-20H,1-2H3;1-20H,21H2/q-1;+1. The molecule has 0 amide bonds. The van der Waals surface area contributed by atoms with Crippen LogP contribution in [0, 0.1) is 13.8 Å². The van der Waals surface area contributed by atoms with Crippen LogP contribution >= 0.6 is 7.26 Å². The monoisotopic (exact) mass is 700 g/mol. The van der Waals surface area contributed by atoms with Crippen molar-refractivity contribution in [2.24, 2.45) is 0 Å². The first kappa shape index (κ1) is 35.6. The van der Waals surface area contributed by atoms with Gasteiger partial charge in [0, 0.05) is 0 Å². The minimum absolute atomic E-state index is 1.03. The van der Waals surface area contributed by atoms with Crippen molar-refractivity contribution < 1.29 is 0 Å². The van der Waals surface area contributed by atoms with E-state index in [-0.39, 0.29) is 0 Å². The number of rotatable bonds is 9. The zero-order valence-corrected chi connectivity index (χ0v) is 31.6. The lowest BCUT2D eigenvalue weighted by Gasteiger charge is -2.45. The summed E-state index contributed by atoms with van der Waals surface area (Å²) in [5.41, 5.74) is 9.54. The highest BCUT2D eigenvalue weighted by molar-refractivity contribution is 7.95. The van der Waals surface area contributed by atoms with Gasteiger partial charge in [-0.15, -0.1) is 0 Å². The van der Waals surface area contributed by atoms with Gasteiger partial charge in [-0.3, -0.25) is 0 Å². The molecule has 0 saturated heterocycles. The third-order valence-corrected chi connectivity index (χ3v) is 15.2. The van der Waals surface area contributed by atoms with Crippen molar-refractivity contribution in [3.8, 4) is 0 Å². The van der Waals surface area contributed by atoms with Gasteiger partial charge in [0.25, 0.3) is 0 Å². The molecule has 258 valence electrons. The summed E-state index contributed by atoms with van der Waals surface area (Å²) in [5.74, 6) is 0. The van der Waals surface area contributed by atoms with Crippen LogP contribution in [0.2, 0.25) is 0 Å². The first-order valence-electron chi connectivity index (χ1n) is 18.6. The van der Waals surface area contributed by atoms with E-state index < -0.39 is 13.4 Å². The molecule has 53 heavy (non-hydrogen) atoms. The molecule has 0 radical (unpaired) electrons. The maximum Gasteiger partial charge on any atom is 0.116 e. The molecule has 0 aliphatic carbocycles. The maximum absolute atomic E-state index is 2.31. The van der Waals surface area contributed by atoms with Crippen molar-refractivity contribution in [1.29, 1.82) is 0 Å². The summed E-state index contributed by atoms with van der Waals surface area (Å²) in [5, 5.41) is 4.30. The fraction of sp³-hybridized carbons (Fsp3) is 0.0588. The molecule has 0 bridgehead atoms. The van der Waals surface area contributed by atoms with Gasteiger partial charge in [0.05, 0.1) is 6.16 Å². The van der Waals surface area contributed by atoms with Gasteiger partial charge in [-0.25, -0.2) is 0 Å². The van der Waals surface area contributed by atoms with E-state index in [1.54, 1.807) is 0 Å². The molecule has 0 aromatic heterocycles. The van der Waals surface area contributed by atoms with Crippen molar-refractivity contribution >= 4 is 51.2 Å². The van der Waals surface area contributed by atoms with Gasteiger partial charge in [-0.2, -0.15) is 21.9 Å². The predicted octanol–water partition coefficient (Wildman–Crippen LogP) is 8.86. The van der Waals surface area contributed by atoms with Gasteiger partial charge in [-0.1, -0.05) is 205 Å². The van der Waals surface area contributed by atoms with Crippen molar-refractivity contribution in [3.63, 3.8) is 0 Å². The molecule has 0 aliphatic heterocycles. The van der Waals surface area contributed by atoms with Gasteiger partial charge >= 0.3 is 0 Å². The van der Waals surface area contributed by atoms with E-state index >= 15 is 0 Å². The second kappa shape index (κ2) is 16.7. The minimum Gasteiger partial charge on any atom is -0.195 e. The van der Waals surface area contributed by atoms with Crippen LogP contribution in [0.25, 0.3) is 0 Å². The first-order valence-corrected chi connectivity index (χ1v) is 20.6. The van der Waals surface area contributed by atoms with Crippen LogP contribution in [0.3, 0.4) is 0 Å². The van der Waals surface area contributed by atoms with Crippen LogP contribution in [-0.2, 0) is 6.16 Å². The van der Waals surface area contributed by atoms with Crippen LogP contribution in [-0.4, -0.2) is 6.15 Å². The molecule has 0 atom stereocenters. The zero-order valence-electron chi connectivity index (χ0n) is 30.7. The van der Waals surface area contributed by atoms with E-state index in [2.05, 4.69) is 244 Å². The molecular weight excluding hydrogens is 654 g/mol. The predicted molar refractivity (Wildman–Crippen MR) is 235 cm³/mol. The van der Waals surface area contributed by atoms with Crippen LogP contribution in [0.15, 0.2) is 231 Å². The largest absolute Gasteiger partial charge is 0.195 e. The molecule has 2 heteroatoms. The van der Waals surface area contributed by atoms with Gasteiger partial charge in [0.15, 0.2) is 0 Å². The van der Waals surface area contributed by atoms with Crippen LogP contribution in [0.1, 0.15) is 16.7 Å². The summed E-state index contributed by atoms with van der Waals surface area (Å²) >= 11 is 0. The van der Waals surface area contributed by atoms with Gasteiger partial charge < -0.3 is 0 Å². The topological polar surface area (TPSA) is 0 Å². The van der Waals surface area contributed by atoms with Crippen molar-refractivity contribution in [1.82, 2.24) is 0 Å². The normalized spacial score (nSPS) is 11.3. The minimum atomic E-state index is -1.78. The molecular formula is C51H46BP. The average Bonchev–Trinajstić information content (AvgIpc) is 3.24. The fourth-order valence-electron chi connectivity index (χ4n) is 8.21. The maximum atomic E-state index is 2.31. The molecule has 0 saturated carbocycles. The highest BCUT2D eigenvalue weighted by Gasteiger charge is 2.45. The molecule has 0 heterocycles. The van der Waals surface area contributed by atoms with Crippen LogP contribution in [0.5, 0.6) is 0 Å². The van der Waals surface area contributed by atoms with Crippen LogP contribution in [0.4, 0.5) is 0 Å². The molecule has 8 aromatic carbocycles.